The monoisotopic (exact) mass is 518 g/mol. The summed E-state index contributed by atoms with van der Waals surface area (Å²) < 4.78 is 25.1. The predicted octanol–water partition coefficient (Wildman–Crippen LogP) is 4.88. The van der Waals surface area contributed by atoms with Crippen LogP contribution in [0.5, 0.6) is 11.5 Å². The van der Waals surface area contributed by atoms with Crippen LogP contribution in [-0.4, -0.2) is 67.2 Å². The van der Waals surface area contributed by atoms with Crippen molar-refractivity contribution in [2.45, 2.75) is 69.7 Å². The number of benzene rings is 2. The van der Waals surface area contributed by atoms with E-state index in [0.29, 0.717) is 24.1 Å². The molecule has 0 saturated carbocycles. The number of methoxy groups -OCH3 is 1. The Hall–Kier alpha value is -2.87. The topological polar surface area (TPSA) is 62.2 Å². The minimum atomic E-state index is -0.0405. The second kappa shape index (κ2) is 11.1. The maximum Gasteiger partial charge on any atom is 0.262 e. The number of aryl methyl sites for hydroxylation is 1. The van der Waals surface area contributed by atoms with Crippen LogP contribution in [0.25, 0.3) is 16.5 Å². The van der Waals surface area contributed by atoms with E-state index in [1.807, 2.05) is 48.7 Å². The fourth-order valence-corrected chi connectivity index (χ4v) is 6.46. The van der Waals surface area contributed by atoms with Crippen molar-refractivity contribution in [3.05, 3.63) is 64.6 Å². The van der Waals surface area contributed by atoms with Gasteiger partial charge in [0.05, 0.1) is 12.7 Å². The van der Waals surface area contributed by atoms with Gasteiger partial charge in [-0.1, -0.05) is 0 Å². The van der Waals surface area contributed by atoms with E-state index in [1.54, 1.807) is 11.7 Å². The number of hydrogen-bond donors (Lipinski definition) is 0. The zero-order valence-corrected chi connectivity index (χ0v) is 22.4. The first-order valence-electron chi connectivity index (χ1n) is 14.0. The predicted molar refractivity (Wildman–Crippen MR) is 148 cm³/mol. The van der Waals surface area contributed by atoms with Crippen LogP contribution in [0, 0.1) is 6.92 Å². The molecule has 38 heavy (non-hydrogen) atoms. The fraction of sp³-hybridized carbons (Fsp3) is 0.516. The van der Waals surface area contributed by atoms with Gasteiger partial charge in [-0.25, -0.2) is 0 Å². The molecular weight excluding hydrogens is 480 g/mol. The number of rotatable bonds is 9. The van der Waals surface area contributed by atoms with E-state index in [-0.39, 0.29) is 17.8 Å². The first-order valence-corrected chi connectivity index (χ1v) is 14.0. The molecule has 7 nitrogen and oxygen atoms in total. The van der Waals surface area contributed by atoms with Crippen LogP contribution >= 0.6 is 0 Å². The normalized spacial score (nSPS) is 25.2. The molecule has 3 fully saturated rings. The highest BCUT2D eigenvalue weighted by Gasteiger charge is 2.41. The smallest absolute Gasteiger partial charge is 0.262 e. The summed E-state index contributed by atoms with van der Waals surface area (Å²) in [7, 11) is 1.77. The van der Waals surface area contributed by atoms with E-state index >= 15 is 0 Å². The summed E-state index contributed by atoms with van der Waals surface area (Å²) in [5.41, 5.74) is 1.85. The third-order valence-electron chi connectivity index (χ3n) is 8.46. The average Bonchev–Trinajstić information content (AvgIpc) is 3.53. The van der Waals surface area contributed by atoms with Gasteiger partial charge in [0.25, 0.3) is 5.56 Å². The van der Waals surface area contributed by atoms with Crippen LogP contribution < -0.4 is 15.0 Å². The Bertz CT molecular complexity index is 1320. The van der Waals surface area contributed by atoms with Gasteiger partial charge >= 0.3 is 0 Å². The molecule has 3 aromatic rings. The molecule has 0 N–H and O–H groups in total. The van der Waals surface area contributed by atoms with Gasteiger partial charge in [0, 0.05) is 49.6 Å². The molecule has 4 atom stereocenters. The summed E-state index contributed by atoms with van der Waals surface area (Å²) in [6, 6.07) is 14.9. The lowest BCUT2D eigenvalue weighted by atomic mass is 9.99. The molecule has 0 amide bonds. The molecule has 1 unspecified atom stereocenters. The lowest BCUT2D eigenvalue weighted by molar-refractivity contribution is 0.0328. The van der Waals surface area contributed by atoms with Crippen LogP contribution in [0.15, 0.2) is 53.5 Å². The molecule has 2 aromatic carbocycles. The number of aromatic nitrogens is 1. The molecular formula is C31H38N2O5. The third-order valence-corrected chi connectivity index (χ3v) is 8.46. The Morgan fingerprint density at radius 2 is 1.87 bits per heavy atom. The van der Waals surface area contributed by atoms with E-state index in [2.05, 4.69) is 11.8 Å². The zero-order valence-electron chi connectivity index (χ0n) is 22.4. The highest BCUT2D eigenvalue weighted by atomic mass is 16.5. The van der Waals surface area contributed by atoms with Gasteiger partial charge in [0.2, 0.25) is 0 Å². The number of nitrogens with zero attached hydrogens (tertiary/aromatic N) is 2. The fourth-order valence-electron chi connectivity index (χ4n) is 6.46. The van der Waals surface area contributed by atoms with E-state index in [4.69, 9.17) is 18.9 Å². The van der Waals surface area contributed by atoms with Crippen LogP contribution in [0.1, 0.15) is 44.1 Å². The van der Waals surface area contributed by atoms with Crippen molar-refractivity contribution >= 4 is 10.8 Å². The molecule has 1 aromatic heterocycles. The van der Waals surface area contributed by atoms with E-state index in [9.17, 15) is 4.79 Å². The quantitative estimate of drug-likeness (QED) is 0.403. The SMILES string of the molecule is COCCN1[C@@H]2CC[C@H]1CC(Oc1ccc(-n3ccc4cc(OC[C@H]5CCCO5)ccc4c3=O)cc1C)C2. The second-order valence-corrected chi connectivity index (χ2v) is 11.0. The summed E-state index contributed by atoms with van der Waals surface area (Å²) in [6.45, 7) is 5.22. The van der Waals surface area contributed by atoms with Crippen molar-refractivity contribution in [1.29, 1.82) is 0 Å². The lowest BCUT2D eigenvalue weighted by Gasteiger charge is -2.38. The van der Waals surface area contributed by atoms with Gasteiger partial charge in [0.1, 0.15) is 24.2 Å². The van der Waals surface area contributed by atoms with Crippen LogP contribution in [0.2, 0.25) is 0 Å². The van der Waals surface area contributed by atoms with Gasteiger partial charge < -0.3 is 18.9 Å². The number of fused-ring (bicyclic) bond motifs is 3. The van der Waals surface area contributed by atoms with Crippen molar-refractivity contribution in [2.75, 3.05) is 33.5 Å². The van der Waals surface area contributed by atoms with Crippen LogP contribution in [-0.2, 0) is 9.47 Å². The molecule has 7 heteroatoms. The molecule has 3 aliphatic heterocycles. The van der Waals surface area contributed by atoms with Gasteiger partial charge in [-0.15, -0.1) is 0 Å². The number of pyridine rings is 1. The van der Waals surface area contributed by atoms with Gasteiger partial charge in [-0.05, 0) is 98.9 Å². The minimum absolute atomic E-state index is 0.0405. The van der Waals surface area contributed by atoms with Crippen molar-refractivity contribution in [1.82, 2.24) is 9.47 Å². The highest BCUT2D eigenvalue weighted by molar-refractivity contribution is 5.83. The Kier molecular flexibility index (Phi) is 7.41. The number of piperidine rings is 1. The second-order valence-electron chi connectivity index (χ2n) is 11.0. The van der Waals surface area contributed by atoms with Gasteiger partial charge in [-0.3, -0.25) is 14.3 Å². The Balaban J connectivity index is 1.14. The number of ether oxygens (including phenoxy) is 4. The maximum absolute atomic E-state index is 13.4. The average molecular weight is 519 g/mol. The van der Waals surface area contributed by atoms with Crippen LogP contribution in [0.3, 0.4) is 0 Å². The third kappa shape index (κ3) is 5.20. The Morgan fingerprint density at radius 1 is 1.03 bits per heavy atom. The number of hydrogen-bond acceptors (Lipinski definition) is 6. The molecule has 0 spiro atoms. The first kappa shape index (κ1) is 25.4. The Morgan fingerprint density at radius 3 is 2.61 bits per heavy atom. The summed E-state index contributed by atoms with van der Waals surface area (Å²) in [5, 5.41) is 1.55. The van der Waals surface area contributed by atoms with E-state index in [0.717, 1.165) is 73.6 Å². The summed E-state index contributed by atoms with van der Waals surface area (Å²) in [5.74, 6) is 1.67. The summed E-state index contributed by atoms with van der Waals surface area (Å²) in [4.78, 5) is 16.0. The molecule has 3 saturated heterocycles. The molecule has 0 radical (unpaired) electrons. The van der Waals surface area contributed by atoms with Gasteiger partial charge in [-0.2, -0.15) is 0 Å². The molecule has 4 heterocycles. The molecule has 3 aliphatic rings. The molecule has 0 aliphatic carbocycles. The van der Waals surface area contributed by atoms with Crippen molar-refractivity contribution in [2.24, 2.45) is 0 Å². The van der Waals surface area contributed by atoms with Crippen LogP contribution in [0.4, 0.5) is 0 Å². The first-order chi connectivity index (χ1) is 18.6. The molecule has 2 bridgehead atoms. The van der Waals surface area contributed by atoms with Gasteiger partial charge in [0.15, 0.2) is 0 Å². The Labute approximate surface area is 224 Å². The molecule has 6 rings (SSSR count). The van der Waals surface area contributed by atoms with E-state index < -0.39 is 0 Å². The summed E-state index contributed by atoms with van der Waals surface area (Å²) >= 11 is 0. The standard InChI is InChI=1S/C31H38N2O5/c1-21-16-23(7-10-30(21)38-28-18-24-5-6-25(19-28)32(24)13-15-35-2)33-12-11-22-17-26(8-9-29(22)31(33)34)37-20-27-4-3-14-36-27/h7-12,16-17,24-25,27-28H,3-6,13-15,18-20H2,1-2H3/t24-,25+,27-,28?/m1/s1. The van der Waals surface area contributed by atoms with E-state index in [1.165, 1.54) is 12.8 Å². The summed E-state index contributed by atoms with van der Waals surface area (Å²) in [6.07, 6.45) is 8.99. The largest absolute Gasteiger partial charge is 0.491 e. The maximum atomic E-state index is 13.4. The van der Waals surface area contributed by atoms with Crippen molar-refractivity contribution in [3.8, 4) is 17.2 Å². The highest BCUT2D eigenvalue weighted by Crippen LogP contribution is 2.37. The van der Waals surface area contributed by atoms with Crippen molar-refractivity contribution < 1.29 is 18.9 Å². The lowest BCUT2D eigenvalue weighted by Crippen LogP contribution is -2.47. The van der Waals surface area contributed by atoms with Crippen molar-refractivity contribution in [3.63, 3.8) is 0 Å². The zero-order chi connectivity index (χ0) is 26.1. The minimum Gasteiger partial charge on any atom is -0.491 e. The molecule has 202 valence electrons.